The third-order valence-corrected chi connectivity index (χ3v) is 6.05. The monoisotopic (exact) mass is 406 g/mol. The average molecular weight is 407 g/mol. The summed E-state index contributed by atoms with van der Waals surface area (Å²) >= 11 is 1.60. The van der Waals surface area contributed by atoms with Crippen LogP contribution in [0.2, 0.25) is 0 Å². The summed E-state index contributed by atoms with van der Waals surface area (Å²) in [4.78, 5) is 12.6. The molecule has 2 aromatic heterocycles. The second kappa shape index (κ2) is 8.29. The van der Waals surface area contributed by atoms with Crippen LogP contribution in [-0.2, 0) is 4.74 Å². The number of anilines is 1. The molecule has 0 aliphatic carbocycles. The lowest BCUT2D eigenvalue weighted by atomic mass is 10.0. The van der Waals surface area contributed by atoms with E-state index in [0.717, 1.165) is 38.2 Å². The highest BCUT2D eigenvalue weighted by atomic mass is 32.1. The summed E-state index contributed by atoms with van der Waals surface area (Å²) in [6.07, 6.45) is 0. The number of benzene rings is 1. The molecule has 1 atom stereocenters. The molecule has 6 nitrogen and oxygen atoms in total. The van der Waals surface area contributed by atoms with Gasteiger partial charge < -0.3 is 14.7 Å². The van der Waals surface area contributed by atoms with Crippen molar-refractivity contribution in [3.63, 3.8) is 0 Å². The van der Waals surface area contributed by atoms with Gasteiger partial charge in [0.15, 0.2) is 5.13 Å². The van der Waals surface area contributed by atoms with Gasteiger partial charge in [0.1, 0.15) is 0 Å². The van der Waals surface area contributed by atoms with Gasteiger partial charge in [-0.1, -0.05) is 23.5 Å². The molecule has 0 saturated carbocycles. The number of aromatic nitrogens is 2. The van der Waals surface area contributed by atoms with Gasteiger partial charge in [0.05, 0.1) is 48.1 Å². The van der Waals surface area contributed by atoms with Crippen molar-refractivity contribution in [3.05, 3.63) is 53.3 Å². The van der Waals surface area contributed by atoms with E-state index in [1.165, 1.54) is 0 Å². The Morgan fingerprint density at radius 2 is 2.00 bits per heavy atom. The third kappa shape index (κ3) is 4.01. The summed E-state index contributed by atoms with van der Waals surface area (Å²) in [6, 6.07) is 13.7. The largest absolute Gasteiger partial charge is 0.394 e. The summed E-state index contributed by atoms with van der Waals surface area (Å²) in [7, 11) is 0. The number of morpholine rings is 1. The number of nitriles is 1. The maximum Gasteiger partial charge on any atom is 0.186 e. The molecule has 3 aromatic rings. The van der Waals surface area contributed by atoms with E-state index >= 15 is 0 Å². The minimum absolute atomic E-state index is 0.0155. The smallest absolute Gasteiger partial charge is 0.186 e. The Morgan fingerprint density at radius 3 is 2.72 bits per heavy atom. The zero-order valence-electron chi connectivity index (χ0n) is 16.4. The molecule has 1 fully saturated rings. The van der Waals surface area contributed by atoms with Gasteiger partial charge in [0, 0.05) is 23.5 Å². The highest BCUT2D eigenvalue weighted by Crippen LogP contribution is 2.41. The van der Waals surface area contributed by atoms with Gasteiger partial charge in [-0.15, -0.1) is 0 Å². The van der Waals surface area contributed by atoms with Crippen LogP contribution in [0.25, 0.3) is 21.7 Å². The SMILES string of the molecule is Cc1cc(-c2sc(N3CCOC[C@H]3CO)nc2-c2cccc(C#N)c2)cc(C)n1. The summed E-state index contributed by atoms with van der Waals surface area (Å²) < 4.78 is 5.52. The maximum atomic E-state index is 9.78. The fourth-order valence-electron chi connectivity index (χ4n) is 3.58. The topological polar surface area (TPSA) is 82.3 Å². The van der Waals surface area contributed by atoms with E-state index in [9.17, 15) is 10.4 Å². The number of hydrogen-bond acceptors (Lipinski definition) is 7. The van der Waals surface area contributed by atoms with E-state index < -0.39 is 0 Å². The number of aryl methyl sites for hydroxylation is 2. The molecule has 1 N–H and O–H groups in total. The predicted octanol–water partition coefficient (Wildman–Crippen LogP) is 3.56. The molecule has 0 spiro atoms. The molecule has 7 heteroatoms. The number of aliphatic hydroxyl groups excluding tert-OH is 1. The van der Waals surface area contributed by atoms with Crippen molar-refractivity contribution < 1.29 is 9.84 Å². The van der Waals surface area contributed by atoms with E-state index in [0.29, 0.717) is 25.3 Å². The van der Waals surface area contributed by atoms with Crippen LogP contribution in [0.15, 0.2) is 36.4 Å². The lowest BCUT2D eigenvalue weighted by Crippen LogP contribution is -2.47. The lowest BCUT2D eigenvalue weighted by Gasteiger charge is -2.34. The Balaban J connectivity index is 1.87. The standard InChI is InChI=1S/C22H22N4O2S/c1-14-8-18(9-15(2)24-14)21-20(17-5-3-4-16(10-17)11-23)25-22(29-21)26-6-7-28-13-19(26)12-27/h3-5,8-10,19,27H,6-7,12-13H2,1-2H3/t19-/m1/s1. The highest BCUT2D eigenvalue weighted by Gasteiger charge is 2.27. The van der Waals surface area contributed by atoms with Crippen LogP contribution in [0.5, 0.6) is 0 Å². The number of hydrogen-bond donors (Lipinski definition) is 1. The summed E-state index contributed by atoms with van der Waals surface area (Å²) in [5.74, 6) is 0. The molecule has 1 saturated heterocycles. The van der Waals surface area contributed by atoms with Crippen molar-refractivity contribution >= 4 is 16.5 Å². The van der Waals surface area contributed by atoms with E-state index in [-0.39, 0.29) is 12.6 Å². The first-order valence-corrected chi connectivity index (χ1v) is 10.3. The van der Waals surface area contributed by atoms with Crippen LogP contribution in [0.1, 0.15) is 17.0 Å². The van der Waals surface area contributed by atoms with Crippen LogP contribution in [0.4, 0.5) is 5.13 Å². The molecule has 1 aliphatic heterocycles. The molecule has 3 heterocycles. The minimum Gasteiger partial charge on any atom is -0.394 e. The van der Waals surface area contributed by atoms with Crippen molar-refractivity contribution in [2.45, 2.75) is 19.9 Å². The zero-order chi connectivity index (χ0) is 20.4. The molecule has 1 aromatic carbocycles. The van der Waals surface area contributed by atoms with Gasteiger partial charge in [-0.2, -0.15) is 5.26 Å². The average Bonchev–Trinajstić information content (AvgIpc) is 3.18. The molecule has 148 valence electrons. The normalized spacial score (nSPS) is 16.6. The van der Waals surface area contributed by atoms with Crippen LogP contribution >= 0.6 is 11.3 Å². The van der Waals surface area contributed by atoms with E-state index in [1.807, 2.05) is 32.0 Å². The second-order valence-corrected chi connectivity index (χ2v) is 8.09. The van der Waals surface area contributed by atoms with E-state index in [2.05, 4.69) is 28.1 Å². The first-order valence-electron chi connectivity index (χ1n) is 9.51. The second-order valence-electron chi connectivity index (χ2n) is 7.11. The first-order chi connectivity index (χ1) is 14.1. The van der Waals surface area contributed by atoms with Crippen molar-refractivity contribution in [3.8, 4) is 27.8 Å². The Labute approximate surface area is 174 Å². The first kappa shape index (κ1) is 19.5. The number of aliphatic hydroxyl groups is 1. The molecule has 4 rings (SSSR count). The minimum atomic E-state index is -0.109. The fourth-order valence-corrected chi connectivity index (χ4v) is 4.76. The molecule has 0 bridgehead atoms. The summed E-state index contributed by atoms with van der Waals surface area (Å²) in [5, 5.41) is 20.0. The fraction of sp³-hybridized carbons (Fsp3) is 0.318. The van der Waals surface area contributed by atoms with Gasteiger partial charge in [0.2, 0.25) is 0 Å². The third-order valence-electron chi connectivity index (χ3n) is 4.91. The van der Waals surface area contributed by atoms with Gasteiger partial charge >= 0.3 is 0 Å². The molecular formula is C22H22N4O2S. The van der Waals surface area contributed by atoms with Gasteiger partial charge in [-0.25, -0.2) is 4.98 Å². The number of thiazole rings is 1. The number of pyridine rings is 1. The van der Waals surface area contributed by atoms with E-state index in [1.54, 1.807) is 17.4 Å². The van der Waals surface area contributed by atoms with Crippen LogP contribution in [0, 0.1) is 25.2 Å². The number of ether oxygens (including phenoxy) is 1. The Bertz CT molecular complexity index is 1050. The summed E-state index contributed by atoms with van der Waals surface area (Å²) in [6.45, 7) is 5.76. The Morgan fingerprint density at radius 1 is 1.21 bits per heavy atom. The zero-order valence-corrected chi connectivity index (χ0v) is 17.2. The maximum absolute atomic E-state index is 9.78. The Kier molecular flexibility index (Phi) is 5.58. The van der Waals surface area contributed by atoms with Crippen LogP contribution in [0.3, 0.4) is 0 Å². The molecular weight excluding hydrogens is 384 g/mol. The summed E-state index contributed by atoms with van der Waals surface area (Å²) in [5.41, 5.74) is 5.31. The van der Waals surface area contributed by atoms with Crippen LogP contribution in [-0.4, -0.2) is 47.5 Å². The molecule has 0 unspecified atom stereocenters. The van der Waals surface area contributed by atoms with Gasteiger partial charge in [-0.05, 0) is 43.7 Å². The lowest BCUT2D eigenvalue weighted by molar-refractivity contribution is 0.0727. The Hall–Kier alpha value is -2.79. The van der Waals surface area contributed by atoms with E-state index in [4.69, 9.17) is 9.72 Å². The van der Waals surface area contributed by atoms with Crippen molar-refractivity contribution in [2.75, 3.05) is 31.3 Å². The van der Waals surface area contributed by atoms with Gasteiger partial charge in [-0.3, -0.25) is 4.98 Å². The number of nitrogens with zero attached hydrogens (tertiary/aromatic N) is 4. The van der Waals surface area contributed by atoms with Crippen molar-refractivity contribution in [2.24, 2.45) is 0 Å². The highest BCUT2D eigenvalue weighted by molar-refractivity contribution is 7.19. The molecule has 0 radical (unpaired) electrons. The molecule has 29 heavy (non-hydrogen) atoms. The quantitative estimate of drug-likeness (QED) is 0.713. The predicted molar refractivity (Wildman–Crippen MR) is 114 cm³/mol. The van der Waals surface area contributed by atoms with Crippen molar-refractivity contribution in [1.82, 2.24) is 9.97 Å². The molecule has 0 amide bonds. The van der Waals surface area contributed by atoms with Gasteiger partial charge in [0.25, 0.3) is 0 Å². The molecule has 1 aliphatic rings. The number of rotatable bonds is 4. The van der Waals surface area contributed by atoms with Crippen LogP contribution < -0.4 is 4.90 Å². The van der Waals surface area contributed by atoms with Crippen molar-refractivity contribution in [1.29, 1.82) is 5.26 Å².